The number of carbonyl (C=O) groups is 1. The molecule has 0 aliphatic heterocycles. The van der Waals surface area contributed by atoms with Gasteiger partial charge in [0.1, 0.15) is 0 Å². The van der Waals surface area contributed by atoms with Crippen LogP contribution in [0.3, 0.4) is 0 Å². The van der Waals surface area contributed by atoms with Gasteiger partial charge in [-0.05, 0) is 54.0 Å². The predicted octanol–water partition coefficient (Wildman–Crippen LogP) is 4.82. The minimum atomic E-state index is 0.114. The molecule has 0 saturated carbocycles. The summed E-state index contributed by atoms with van der Waals surface area (Å²) >= 11 is 0. The Morgan fingerprint density at radius 2 is 1.67 bits per heavy atom. The lowest BCUT2D eigenvalue weighted by Gasteiger charge is -2.10. The molecule has 3 heteroatoms. The van der Waals surface area contributed by atoms with Gasteiger partial charge in [0.2, 0.25) is 5.91 Å². The molecule has 27 heavy (non-hydrogen) atoms. The van der Waals surface area contributed by atoms with Crippen molar-refractivity contribution in [2.24, 2.45) is 0 Å². The molecule has 3 nitrogen and oxygen atoms in total. The van der Waals surface area contributed by atoms with E-state index < -0.39 is 0 Å². The Morgan fingerprint density at radius 3 is 2.48 bits per heavy atom. The summed E-state index contributed by atoms with van der Waals surface area (Å²) in [7, 11) is 0. The highest BCUT2D eigenvalue weighted by Crippen LogP contribution is 2.24. The van der Waals surface area contributed by atoms with Gasteiger partial charge in [0.15, 0.2) is 0 Å². The van der Waals surface area contributed by atoms with E-state index in [2.05, 4.69) is 58.8 Å². The van der Waals surface area contributed by atoms with Gasteiger partial charge in [-0.25, -0.2) is 0 Å². The van der Waals surface area contributed by atoms with Gasteiger partial charge in [0.05, 0.1) is 0 Å². The molecule has 0 atom stereocenters. The predicted molar refractivity (Wildman–Crippen MR) is 110 cm³/mol. The van der Waals surface area contributed by atoms with Gasteiger partial charge in [-0.3, -0.25) is 9.78 Å². The summed E-state index contributed by atoms with van der Waals surface area (Å²) in [6.07, 6.45) is 7.90. The second kappa shape index (κ2) is 10.3. The van der Waals surface area contributed by atoms with E-state index in [-0.39, 0.29) is 5.91 Å². The summed E-state index contributed by atoms with van der Waals surface area (Å²) in [5.74, 6) is 0.114. The van der Waals surface area contributed by atoms with Crippen molar-refractivity contribution in [1.29, 1.82) is 0 Å². The van der Waals surface area contributed by atoms with Crippen molar-refractivity contribution in [3.05, 3.63) is 90.3 Å². The maximum atomic E-state index is 12.0. The lowest BCUT2D eigenvalue weighted by atomic mass is 9.96. The summed E-state index contributed by atoms with van der Waals surface area (Å²) in [5.41, 5.74) is 5.03. The molecule has 0 aliphatic carbocycles. The molecular weight excluding hydrogens is 332 g/mol. The minimum absolute atomic E-state index is 0.114. The smallest absolute Gasteiger partial charge is 0.220 e. The Morgan fingerprint density at radius 1 is 0.852 bits per heavy atom. The number of aromatic nitrogens is 1. The number of amides is 1. The Hall–Kier alpha value is -2.94. The van der Waals surface area contributed by atoms with Gasteiger partial charge in [-0.15, -0.1) is 0 Å². The van der Waals surface area contributed by atoms with E-state index >= 15 is 0 Å². The third-order valence-corrected chi connectivity index (χ3v) is 4.66. The van der Waals surface area contributed by atoms with Gasteiger partial charge >= 0.3 is 0 Å². The Bertz CT molecular complexity index is 831. The van der Waals surface area contributed by atoms with Crippen molar-refractivity contribution in [1.82, 2.24) is 10.3 Å². The number of rotatable bonds is 9. The second-order valence-corrected chi connectivity index (χ2v) is 6.69. The normalized spacial score (nSPS) is 10.5. The van der Waals surface area contributed by atoms with Crippen LogP contribution in [-0.4, -0.2) is 17.4 Å². The third kappa shape index (κ3) is 6.07. The van der Waals surface area contributed by atoms with E-state index in [9.17, 15) is 4.79 Å². The summed E-state index contributed by atoms with van der Waals surface area (Å²) in [4.78, 5) is 16.0. The third-order valence-electron chi connectivity index (χ3n) is 4.66. The van der Waals surface area contributed by atoms with Crippen LogP contribution in [0.5, 0.6) is 0 Å². The van der Waals surface area contributed by atoms with Gasteiger partial charge in [0, 0.05) is 25.4 Å². The van der Waals surface area contributed by atoms with Crippen molar-refractivity contribution in [3.8, 4) is 11.1 Å². The Balaban J connectivity index is 1.39. The number of hydrogen-bond donors (Lipinski definition) is 1. The van der Waals surface area contributed by atoms with Crippen LogP contribution in [0.2, 0.25) is 0 Å². The fraction of sp³-hybridized carbons (Fsp3) is 0.250. The van der Waals surface area contributed by atoms with E-state index in [0.717, 1.165) is 37.8 Å². The average Bonchev–Trinajstić information content (AvgIpc) is 2.74. The van der Waals surface area contributed by atoms with E-state index in [4.69, 9.17) is 0 Å². The van der Waals surface area contributed by atoms with Crippen molar-refractivity contribution in [2.75, 3.05) is 6.54 Å². The highest BCUT2D eigenvalue weighted by molar-refractivity contribution is 5.76. The first-order valence-electron chi connectivity index (χ1n) is 9.62. The average molecular weight is 358 g/mol. The fourth-order valence-electron chi connectivity index (χ4n) is 3.20. The lowest BCUT2D eigenvalue weighted by molar-refractivity contribution is -0.121. The SMILES string of the molecule is O=C(CCc1cccnc1)NCCCCc1ccccc1-c1ccccc1. The standard InChI is InChI=1S/C24H26N2O/c27-24(16-15-20-9-8-17-25-19-20)26-18-7-6-13-22-12-4-5-14-23(22)21-10-2-1-3-11-21/h1-5,8-12,14,17,19H,6-7,13,15-16,18H2,(H,26,27). The molecule has 0 unspecified atom stereocenters. The van der Waals surface area contributed by atoms with Crippen LogP contribution in [0.15, 0.2) is 79.1 Å². The molecule has 0 saturated heterocycles. The highest BCUT2D eigenvalue weighted by Gasteiger charge is 2.05. The topological polar surface area (TPSA) is 42.0 Å². The number of aryl methyl sites for hydroxylation is 2. The molecule has 3 aromatic rings. The molecule has 0 fully saturated rings. The van der Waals surface area contributed by atoms with Gasteiger partial charge in [-0.2, -0.15) is 0 Å². The molecule has 138 valence electrons. The number of nitrogens with zero attached hydrogens (tertiary/aromatic N) is 1. The van der Waals surface area contributed by atoms with Crippen LogP contribution >= 0.6 is 0 Å². The number of unbranched alkanes of at least 4 members (excludes halogenated alkanes) is 1. The number of benzene rings is 2. The number of carbonyl (C=O) groups excluding carboxylic acids is 1. The maximum absolute atomic E-state index is 12.0. The molecular formula is C24H26N2O. The summed E-state index contributed by atoms with van der Waals surface area (Å²) < 4.78 is 0. The Labute approximate surface area is 161 Å². The molecule has 0 spiro atoms. The quantitative estimate of drug-likeness (QED) is 0.557. The molecule has 1 N–H and O–H groups in total. The zero-order valence-corrected chi connectivity index (χ0v) is 15.6. The number of hydrogen-bond acceptors (Lipinski definition) is 2. The zero-order valence-electron chi connectivity index (χ0n) is 15.6. The fourth-order valence-corrected chi connectivity index (χ4v) is 3.20. The molecule has 0 bridgehead atoms. The van der Waals surface area contributed by atoms with Gasteiger partial charge in [0.25, 0.3) is 0 Å². The minimum Gasteiger partial charge on any atom is -0.356 e. The summed E-state index contributed by atoms with van der Waals surface area (Å²) in [6.45, 7) is 0.735. The molecule has 0 radical (unpaired) electrons. The summed E-state index contributed by atoms with van der Waals surface area (Å²) in [5, 5.41) is 3.03. The van der Waals surface area contributed by atoms with Crippen molar-refractivity contribution in [3.63, 3.8) is 0 Å². The van der Waals surface area contributed by atoms with E-state index in [1.807, 2.05) is 24.4 Å². The first-order valence-corrected chi connectivity index (χ1v) is 9.62. The second-order valence-electron chi connectivity index (χ2n) is 6.69. The molecule has 1 aromatic heterocycles. The molecule has 3 rings (SSSR count). The largest absolute Gasteiger partial charge is 0.356 e. The monoisotopic (exact) mass is 358 g/mol. The van der Waals surface area contributed by atoms with Crippen LogP contribution in [0.1, 0.15) is 30.4 Å². The van der Waals surface area contributed by atoms with Crippen LogP contribution in [0, 0.1) is 0 Å². The maximum Gasteiger partial charge on any atom is 0.220 e. The van der Waals surface area contributed by atoms with E-state index in [0.29, 0.717) is 6.42 Å². The zero-order chi connectivity index (χ0) is 18.7. The lowest BCUT2D eigenvalue weighted by Crippen LogP contribution is -2.24. The van der Waals surface area contributed by atoms with E-state index in [1.165, 1.54) is 16.7 Å². The van der Waals surface area contributed by atoms with Crippen molar-refractivity contribution < 1.29 is 4.79 Å². The highest BCUT2D eigenvalue weighted by atomic mass is 16.1. The van der Waals surface area contributed by atoms with E-state index in [1.54, 1.807) is 6.20 Å². The molecule has 1 heterocycles. The van der Waals surface area contributed by atoms with Crippen LogP contribution < -0.4 is 5.32 Å². The molecule has 2 aromatic carbocycles. The van der Waals surface area contributed by atoms with Gasteiger partial charge in [-0.1, -0.05) is 60.7 Å². The van der Waals surface area contributed by atoms with Crippen molar-refractivity contribution in [2.45, 2.75) is 32.1 Å². The van der Waals surface area contributed by atoms with Crippen molar-refractivity contribution >= 4 is 5.91 Å². The first kappa shape index (κ1) is 18.8. The summed E-state index contributed by atoms with van der Waals surface area (Å²) in [6, 6.07) is 23.0. The van der Waals surface area contributed by atoms with Crippen LogP contribution in [-0.2, 0) is 17.6 Å². The van der Waals surface area contributed by atoms with Crippen LogP contribution in [0.4, 0.5) is 0 Å². The number of pyridine rings is 1. The molecule has 0 aliphatic rings. The Kier molecular flexibility index (Phi) is 7.16. The van der Waals surface area contributed by atoms with Crippen LogP contribution in [0.25, 0.3) is 11.1 Å². The number of nitrogens with one attached hydrogen (secondary N) is 1. The first-order chi connectivity index (χ1) is 13.3. The van der Waals surface area contributed by atoms with Gasteiger partial charge < -0.3 is 5.32 Å². The molecule has 1 amide bonds.